The average molecular weight is 467 g/mol. The third-order valence-electron chi connectivity index (χ3n) is 6.47. The molecule has 1 amide bonds. The molecular formula is C27H23FN6O. The fourth-order valence-electron chi connectivity index (χ4n) is 4.80. The van der Waals surface area contributed by atoms with Gasteiger partial charge in [-0.3, -0.25) is 18.9 Å². The van der Waals surface area contributed by atoms with Crippen LogP contribution >= 0.6 is 0 Å². The van der Waals surface area contributed by atoms with E-state index in [1.165, 1.54) is 12.3 Å². The molecule has 1 aliphatic rings. The zero-order valence-corrected chi connectivity index (χ0v) is 19.0. The third kappa shape index (κ3) is 3.97. The first kappa shape index (κ1) is 21.2. The maximum absolute atomic E-state index is 13.8. The minimum absolute atomic E-state index is 0.00450. The van der Waals surface area contributed by atoms with Gasteiger partial charge in [0.25, 0.3) is 5.91 Å². The Labute approximate surface area is 201 Å². The van der Waals surface area contributed by atoms with Gasteiger partial charge in [-0.25, -0.2) is 9.37 Å². The molecule has 5 aromatic rings. The van der Waals surface area contributed by atoms with E-state index in [9.17, 15) is 9.18 Å². The molecule has 4 aromatic heterocycles. The monoisotopic (exact) mass is 466 g/mol. The highest BCUT2D eigenvalue weighted by Crippen LogP contribution is 2.29. The predicted molar refractivity (Wildman–Crippen MR) is 130 cm³/mol. The van der Waals surface area contributed by atoms with E-state index < -0.39 is 0 Å². The maximum Gasteiger partial charge on any atom is 0.275 e. The predicted octanol–water partition coefficient (Wildman–Crippen LogP) is 4.70. The molecule has 1 atom stereocenters. The number of likely N-dealkylation sites (tertiary alicyclic amines) is 1. The molecule has 1 saturated heterocycles. The van der Waals surface area contributed by atoms with Crippen LogP contribution < -0.4 is 0 Å². The van der Waals surface area contributed by atoms with Crippen LogP contribution in [0.15, 0.2) is 85.5 Å². The zero-order valence-electron chi connectivity index (χ0n) is 19.0. The van der Waals surface area contributed by atoms with Crippen molar-refractivity contribution in [1.29, 1.82) is 0 Å². The van der Waals surface area contributed by atoms with Gasteiger partial charge in [0.2, 0.25) is 0 Å². The Morgan fingerprint density at radius 3 is 2.69 bits per heavy atom. The molecule has 0 aliphatic carbocycles. The van der Waals surface area contributed by atoms with Gasteiger partial charge in [0, 0.05) is 30.1 Å². The van der Waals surface area contributed by atoms with Gasteiger partial charge >= 0.3 is 0 Å². The van der Waals surface area contributed by atoms with E-state index in [4.69, 9.17) is 4.98 Å². The molecule has 35 heavy (non-hydrogen) atoms. The van der Waals surface area contributed by atoms with E-state index in [0.29, 0.717) is 24.5 Å². The molecule has 1 fully saturated rings. The number of halogens is 1. The van der Waals surface area contributed by atoms with Crippen LogP contribution in [0.4, 0.5) is 4.39 Å². The molecule has 0 saturated carbocycles. The van der Waals surface area contributed by atoms with Gasteiger partial charge in [0.05, 0.1) is 36.4 Å². The minimum atomic E-state index is -0.372. The fourth-order valence-corrected chi connectivity index (χ4v) is 4.80. The second-order valence-corrected chi connectivity index (χ2v) is 8.71. The molecule has 1 aliphatic heterocycles. The van der Waals surface area contributed by atoms with Crippen molar-refractivity contribution >= 4 is 11.6 Å². The summed E-state index contributed by atoms with van der Waals surface area (Å²) in [5, 5.41) is 4.47. The highest BCUT2D eigenvalue weighted by Gasteiger charge is 2.33. The van der Waals surface area contributed by atoms with Crippen molar-refractivity contribution in [1.82, 2.24) is 29.0 Å². The second kappa shape index (κ2) is 8.79. The van der Waals surface area contributed by atoms with Crippen LogP contribution in [0.3, 0.4) is 0 Å². The largest absolute Gasteiger partial charge is 0.332 e. The summed E-state index contributed by atoms with van der Waals surface area (Å²) in [5.41, 5.74) is 4.44. The molecule has 7 nitrogen and oxygen atoms in total. The van der Waals surface area contributed by atoms with Crippen LogP contribution in [0.2, 0.25) is 0 Å². The summed E-state index contributed by atoms with van der Waals surface area (Å²) in [7, 11) is 0. The zero-order chi connectivity index (χ0) is 23.8. The van der Waals surface area contributed by atoms with E-state index >= 15 is 0 Å². The number of carbonyl (C=O) groups excluding carboxylic acids is 1. The van der Waals surface area contributed by atoms with Gasteiger partial charge in [-0.2, -0.15) is 5.10 Å². The molecule has 6 rings (SSSR count). The number of benzene rings is 1. The summed E-state index contributed by atoms with van der Waals surface area (Å²) in [6, 6.07) is 18.7. The summed E-state index contributed by atoms with van der Waals surface area (Å²) >= 11 is 0. The maximum atomic E-state index is 13.8. The number of fused-ring (bicyclic) bond motifs is 1. The standard InChI is InChI=1S/C27H23FN6O/c28-21-11-12-23(29-16-21)20-15-30-32(17-20)18-22-9-6-14-33(22)27(35)25-26(19-7-2-1-3-8-19)34-13-5-4-10-24(34)31-25/h1-5,7-8,10-13,15-17,22H,6,9,14,18H2/t22-/m0/s1. The second-order valence-electron chi connectivity index (χ2n) is 8.71. The van der Waals surface area contributed by atoms with E-state index in [1.54, 1.807) is 12.3 Å². The number of rotatable bonds is 5. The lowest BCUT2D eigenvalue weighted by atomic mass is 10.1. The molecule has 8 heteroatoms. The Kier molecular flexibility index (Phi) is 5.33. The van der Waals surface area contributed by atoms with Gasteiger partial charge in [0.1, 0.15) is 11.5 Å². The van der Waals surface area contributed by atoms with Gasteiger partial charge in [-0.1, -0.05) is 36.4 Å². The smallest absolute Gasteiger partial charge is 0.275 e. The van der Waals surface area contributed by atoms with Crippen LogP contribution in [-0.4, -0.2) is 47.5 Å². The topological polar surface area (TPSA) is 68.3 Å². The van der Waals surface area contributed by atoms with Gasteiger partial charge in [0.15, 0.2) is 5.69 Å². The van der Waals surface area contributed by atoms with Crippen LogP contribution in [0.5, 0.6) is 0 Å². The molecule has 5 heterocycles. The van der Waals surface area contributed by atoms with Crippen molar-refractivity contribution < 1.29 is 9.18 Å². The quantitative estimate of drug-likeness (QED) is 0.376. The van der Waals surface area contributed by atoms with Crippen molar-refractivity contribution in [3.63, 3.8) is 0 Å². The molecule has 0 unspecified atom stereocenters. The van der Waals surface area contributed by atoms with Crippen molar-refractivity contribution in [3.05, 3.63) is 97.0 Å². The Morgan fingerprint density at radius 1 is 1.00 bits per heavy atom. The number of carbonyl (C=O) groups is 1. The number of pyridine rings is 2. The summed E-state index contributed by atoms with van der Waals surface area (Å²) in [4.78, 5) is 24.6. The van der Waals surface area contributed by atoms with Crippen molar-refractivity contribution in [3.8, 4) is 22.5 Å². The van der Waals surface area contributed by atoms with E-state index in [0.717, 1.165) is 35.3 Å². The lowest BCUT2D eigenvalue weighted by Crippen LogP contribution is -2.38. The summed E-state index contributed by atoms with van der Waals surface area (Å²) in [5.74, 6) is -0.439. The number of aromatic nitrogens is 5. The molecule has 0 bridgehead atoms. The van der Waals surface area contributed by atoms with Crippen LogP contribution in [0.25, 0.3) is 28.2 Å². The van der Waals surface area contributed by atoms with Gasteiger partial charge < -0.3 is 4.90 Å². The summed E-state index contributed by atoms with van der Waals surface area (Å²) < 4.78 is 17.0. The van der Waals surface area contributed by atoms with Gasteiger partial charge in [-0.15, -0.1) is 0 Å². The number of imidazole rings is 1. The lowest BCUT2D eigenvalue weighted by Gasteiger charge is -2.24. The van der Waals surface area contributed by atoms with Crippen LogP contribution in [-0.2, 0) is 6.54 Å². The van der Waals surface area contributed by atoms with Gasteiger partial charge in [-0.05, 0) is 37.1 Å². The Morgan fingerprint density at radius 2 is 1.86 bits per heavy atom. The first-order chi connectivity index (χ1) is 17.2. The number of hydrogen-bond acceptors (Lipinski definition) is 4. The van der Waals surface area contributed by atoms with Crippen molar-refractivity contribution in [2.24, 2.45) is 0 Å². The van der Waals surface area contributed by atoms with E-state index in [-0.39, 0.29) is 17.8 Å². The average Bonchev–Trinajstić information content (AvgIpc) is 3.63. The third-order valence-corrected chi connectivity index (χ3v) is 6.47. The van der Waals surface area contributed by atoms with Crippen molar-refractivity contribution in [2.45, 2.75) is 25.4 Å². The summed E-state index contributed by atoms with van der Waals surface area (Å²) in [6.07, 6.45) is 8.57. The molecular weight excluding hydrogens is 443 g/mol. The minimum Gasteiger partial charge on any atom is -0.332 e. The Hall–Kier alpha value is -4.33. The van der Waals surface area contributed by atoms with Crippen molar-refractivity contribution in [2.75, 3.05) is 6.54 Å². The SMILES string of the molecule is O=C(c1nc2ccccn2c1-c1ccccc1)N1CCC[C@H]1Cn1cc(-c2ccc(F)cn2)cn1. The van der Waals surface area contributed by atoms with E-state index in [1.807, 2.05) is 74.9 Å². The first-order valence-electron chi connectivity index (χ1n) is 11.7. The normalized spacial score (nSPS) is 15.7. The molecule has 0 radical (unpaired) electrons. The Bertz CT molecular complexity index is 1490. The fraction of sp³-hybridized carbons (Fsp3) is 0.185. The van der Waals surface area contributed by atoms with Crippen LogP contribution in [0.1, 0.15) is 23.3 Å². The Balaban J connectivity index is 1.29. The number of nitrogens with zero attached hydrogens (tertiary/aromatic N) is 6. The van der Waals surface area contributed by atoms with Crippen LogP contribution in [0, 0.1) is 5.82 Å². The molecule has 174 valence electrons. The van der Waals surface area contributed by atoms with E-state index in [2.05, 4.69) is 10.1 Å². The first-order valence-corrected chi connectivity index (χ1v) is 11.7. The number of hydrogen-bond donors (Lipinski definition) is 0. The summed E-state index contributed by atoms with van der Waals surface area (Å²) in [6.45, 7) is 1.25. The molecule has 0 N–H and O–H groups in total. The molecule has 0 spiro atoms. The highest BCUT2D eigenvalue weighted by atomic mass is 19.1. The molecule has 1 aromatic carbocycles. The highest BCUT2D eigenvalue weighted by molar-refractivity contribution is 5.99. The number of amides is 1. The lowest BCUT2D eigenvalue weighted by molar-refractivity contribution is 0.0717.